The van der Waals surface area contributed by atoms with Gasteiger partial charge in [-0.05, 0) is 45.7 Å². The second-order valence-corrected chi connectivity index (χ2v) is 5.67. The third kappa shape index (κ3) is 3.21. The van der Waals surface area contributed by atoms with Gasteiger partial charge in [-0.1, -0.05) is 0 Å². The Morgan fingerprint density at radius 3 is 2.95 bits per heavy atom. The summed E-state index contributed by atoms with van der Waals surface area (Å²) in [5.74, 6) is -0.103. The second-order valence-electron chi connectivity index (χ2n) is 5.67. The molecule has 0 bridgehead atoms. The van der Waals surface area contributed by atoms with E-state index in [0.717, 1.165) is 30.4 Å². The molecule has 3 rings (SSSR count). The van der Waals surface area contributed by atoms with E-state index in [9.17, 15) is 4.79 Å². The van der Waals surface area contributed by atoms with Crippen molar-refractivity contribution in [1.29, 1.82) is 0 Å². The molecule has 0 unspecified atom stereocenters. The van der Waals surface area contributed by atoms with Gasteiger partial charge in [-0.15, -0.1) is 0 Å². The minimum Gasteiger partial charge on any atom is -0.352 e. The molecule has 2 heterocycles. The largest absolute Gasteiger partial charge is 0.352 e. The molecule has 0 atom stereocenters. The van der Waals surface area contributed by atoms with Gasteiger partial charge in [-0.3, -0.25) is 4.79 Å². The van der Waals surface area contributed by atoms with Gasteiger partial charge < -0.3 is 10.6 Å². The number of nitrogens with one attached hydrogen (secondary N) is 2. The molecular weight excluding hydrogens is 266 g/mol. The normalized spacial score (nSPS) is 14.6. The molecular formula is C15H21N5O. The number of aryl methyl sites for hydroxylation is 2. The van der Waals surface area contributed by atoms with E-state index >= 15 is 0 Å². The number of rotatable bonds is 6. The van der Waals surface area contributed by atoms with E-state index in [2.05, 4.69) is 20.7 Å². The van der Waals surface area contributed by atoms with Crippen LogP contribution < -0.4 is 10.6 Å². The van der Waals surface area contributed by atoms with Crippen LogP contribution in [0.3, 0.4) is 0 Å². The number of hydrogen-bond acceptors (Lipinski definition) is 4. The molecule has 21 heavy (non-hydrogen) atoms. The molecule has 2 aromatic rings. The van der Waals surface area contributed by atoms with Crippen molar-refractivity contribution in [3.05, 3.63) is 29.2 Å². The van der Waals surface area contributed by atoms with Gasteiger partial charge in [0, 0.05) is 24.0 Å². The second kappa shape index (κ2) is 5.81. The van der Waals surface area contributed by atoms with Crippen LogP contribution in [0.4, 0.5) is 0 Å². The highest BCUT2D eigenvalue weighted by Crippen LogP contribution is 2.18. The summed E-state index contributed by atoms with van der Waals surface area (Å²) in [7, 11) is 0. The molecule has 112 valence electrons. The van der Waals surface area contributed by atoms with Crippen molar-refractivity contribution in [3.63, 3.8) is 0 Å². The summed E-state index contributed by atoms with van der Waals surface area (Å²) in [5, 5.41) is 10.6. The van der Waals surface area contributed by atoms with Gasteiger partial charge in [0.1, 0.15) is 5.56 Å². The Labute approximate surface area is 123 Å². The minimum absolute atomic E-state index is 0.103. The summed E-state index contributed by atoms with van der Waals surface area (Å²) in [6, 6.07) is 2.67. The van der Waals surface area contributed by atoms with Gasteiger partial charge in [0.05, 0.1) is 6.20 Å². The Morgan fingerprint density at radius 1 is 1.38 bits per heavy atom. The molecule has 0 spiro atoms. The van der Waals surface area contributed by atoms with Crippen molar-refractivity contribution in [2.75, 3.05) is 13.1 Å². The lowest BCUT2D eigenvalue weighted by Crippen LogP contribution is -2.28. The van der Waals surface area contributed by atoms with Crippen LogP contribution in [-0.4, -0.2) is 39.6 Å². The first-order valence-corrected chi connectivity index (χ1v) is 7.49. The van der Waals surface area contributed by atoms with Crippen molar-refractivity contribution in [2.24, 2.45) is 0 Å². The van der Waals surface area contributed by atoms with E-state index in [-0.39, 0.29) is 5.91 Å². The van der Waals surface area contributed by atoms with E-state index in [1.165, 1.54) is 12.8 Å². The number of carbonyl (C=O) groups excluding carboxylic acids is 1. The molecule has 0 aliphatic heterocycles. The van der Waals surface area contributed by atoms with Gasteiger partial charge in [0.15, 0.2) is 5.65 Å². The van der Waals surface area contributed by atoms with Gasteiger partial charge in [0.2, 0.25) is 0 Å². The fourth-order valence-corrected chi connectivity index (χ4v) is 2.41. The molecule has 1 aliphatic rings. The SMILES string of the molecule is Cc1cc(C)n2ncc(C(=O)NCCCNC3CC3)c2n1. The van der Waals surface area contributed by atoms with E-state index in [4.69, 9.17) is 0 Å². The number of aromatic nitrogens is 3. The lowest BCUT2D eigenvalue weighted by Gasteiger charge is -2.05. The molecule has 1 amide bonds. The standard InChI is InChI=1S/C15H21N5O/c1-10-8-11(2)20-14(19-10)13(9-18-20)15(21)17-7-3-6-16-12-4-5-12/h8-9,12,16H,3-7H2,1-2H3,(H,17,21). The van der Waals surface area contributed by atoms with Crippen LogP contribution in [0.25, 0.3) is 5.65 Å². The minimum atomic E-state index is -0.103. The van der Waals surface area contributed by atoms with Gasteiger partial charge in [-0.2, -0.15) is 5.10 Å². The van der Waals surface area contributed by atoms with Crippen molar-refractivity contribution in [2.45, 2.75) is 39.2 Å². The average Bonchev–Trinajstić information content (AvgIpc) is 3.16. The van der Waals surface area contributed by atoms with Crippen molar-refractivity contribution in [1.82, 2.24) is 25.2 Å². The highest BCUT2D eigenvalue weighted by atomic mass is 16.1. The Balaban J connectivity index is 1.61. The highest BCUT2D eigenvalue weighted by Gasteiger charge is 2.19. The van der Waals surface area contributed by atoms with Gasteiger partial charge in [0.25, 0.3) is 5.91 Å². The summed E-state index contributed by atoms with van der Waals surface area (Å²) in [6.07, 6.45) is 5.11. The van der Waals surface area contributed by atoms with Gasteiger partial charge >= 0.3 is 0 Å². The Hall–Kier alpha value is -1.95. The van der Waals surface area contributed by atoms with E-state index in [1.54, 1.807) is 10.7 Å². The average molecular weight is 287 g/mol. The van der Waals surface area contributed by atoms with E-state index in [1.807, 2.05) is 19.9 Å². The molecule has 6 heteroatoms. The zero-order valence-electron chi connectivity index (χ0n) is 12.5. The number of fused-ring (bicyclic) bond motifs is 1. The van der Waals surface area contributed by atoms with Crippen LogP contribution >= 0.6 is 0 Å². The fourth-order valence-electron chi connectivity index (χ4n) is 2.41. The summed E-state index contributed by atoms with van der Waals surface area (Å²) < 4.78 is 1.70. The first-order valence-electron chi connectivity index (χ1n) is 7.49. The predicted molar refractivity (Wildman–Crippen MR) is 80.4 cm³/mol. The predicted octanol–water partition coefficient (Wildman–Crippen LogP) is 1.22. The smallest absolute Gasteiger partial charge is 0.256 e. The summed E-state index contributed by atoms with van der Waals surface area (Å²) in [4.78, 5) is 16.6. The van der Waals surface area contributed by atoms with Crippen molar-refractivity contribution in [3.8, 4) is 0 Å². The Kier molecular flexibility index (Phi) is 3.88. The van der Waals surface area contributed by atoms with E-state index < -0.39 is 0 Å². The summed E-state index contributed by atoms with van der Waals surface area (Å²) >= 11 is 0. The molecule has 2 N–H and O–H groups in total. The van der Waals surface area contributed by atoms with Crippen molar-refractivity contribution >= 4 is 11.6 Å². The third-order valence-electron chi connectivity index (χ3n) is 3.67. The number of amides is 1. The molecule has 2 aromatic heterocycles. The maximum Gasteiger partial charge on any atom is 0.256 e. The first-order chi connectivity index (χ1) is 10.1. The number of carbonyl (C=O) groups is 1. The zero-order chi connectivity index (χ0) is 14.8. The fraction of sp³-hybridized carbons (Fsp3) is 0.533. The quantitative estimate of drug-likeness (QED) is 0.784. The number of nitrogens with zero attached hydrogens (tertiary/aromatic N) is 3. The summed E-state index contributed by atoms with van der Waals surface area (Å²) in [6.45, 7) is 5.50. The van der Waals surface area contributed by atoms with Gasteiger partial charge in [-0.25, -0.2) is 9.50 Å². The molecule has 1 aliphatic carbocycles. The summed E-state index contributed by atoms with van der Waals surface area (Å²) in [5.41, 5.74) is 3.03. The van der Waals surface area contributed by atoms with Crippen LogP contribution in [0.2, 0.25) is 0 Å². The lowest BCUT2D eigenvalue weighted by molar-refractivity contribution is 0.0954. The molecule has 6 nitrogen and oxygen atoms in total. The molecule has 0 radical (unpaired) electrons. The maximum atomic E-state index is 12.2. The molecule has 1 saturated carbocycles. The van der Waals surface area contributed by atoms with Crippen molar-refractivity contribution < 1.29 is 4.79 Å². The Morgan fingerprint density at radius 2 is 2.19 bits per heavy atom. The first kappa shape index (κ1) is 14.0. The van der Waals surface area contributed by atoms with Crippen LogP contribution in [-0.2, 0) is 0 Å². The van der Waals surface area contributed by atoms with Crippen LogP contribution in [0.5, 0.6) is 0 Å². The molecule has 0 saturated heterocycles. The van der Waals surface area contributed by atoms with Crippen LogP contribution in [0, 0.1) is 13.8 Å². The topological polar surface area (TPSA) is 71.3 Å². The monoisotopic (exact) mass is 287 g/mol. The lowest BCUT2D eigenvalue weighted by atomic mass is 10.3. The van der Waals surface area contributed by atoms with Crippen LogP contribution in [0.15, 0.2) is 12.3 Å². The number of hydrogen-bond donors (Lipinski definition) is 2. The third-order valence-corrected chi connectivity index (χ3v) is 3.67. The van der Waals surface area contributed by atoms with E-state index in [0.29, 0.717) is 17.8 Å². The zero-order valence-corrected chi connectivity index (χ0v) is 12.5. The Bertz CT molecular complexity index is 659. The molecule has 1 fully saturated rings. The maximum absolute atomic E-state index is 12.2. The van der Waals surface area contributed by atoms with Crippen LogP contribution in [0.1, 0.15) is 41.0 Å². The molecule has 0 aromatic carbocycles. The highest BCUT2D eigenvalue weighted by molar-refractivity contribution is 5.99.